The molecule has 3 aromatic rings. The molecule has 23 heavy (non-hydrogen) atoms. The fraction of sp³-hybridized carbons (Fsp3) is 0.250. The van der Waals surface area contributed by atoms with Gasteiger partial charge in [0.1, 0.15) is 5.82 Å². The molecule has 0 aliphatic carbocycles. The van der Waals surface area contributed by atoms with E-state index in [0.29, 0.717) is 22.9 Å². The minimum absolute atomic E-state index is 0.0460. The largest absolute Gasteiger partial charge is 0.475 e. The second-order valence-electron chi connectivity index (χ2n) is 5.10. The summed E-state index contributed by atoms with van der Waals surface area (Å²) in [6.45, 7) is 3.99. The van der Waals surface area contributed by atoms with E-state index in [-0.39, 0.29) is 12.0 Å². The summed E-state index contributed by atoms with van der Waals surface area (Å²) < 4.78 is 7.21. The number of nitrogens with one attached hydrogen (secondary N) is 1. The van der Waals surface area contributed by atoms with Crippen molar-refractivity contribution < 1.29 is 9.53 Å². The molecule has 1 atom stereocenters. The van der Waals surface area contributed by atoms with Crippen LogP contribution in [0.2, 0.25) is 0 Å². The quantitative estimate of drug-likeness (QED) is 0.783. The molecule has 0 saturated heterocycles. The Labute approximate surface area is 133 Å². The average Bonchev–Trinajstić information content (AvgIpc) is 3.04. The molecule has 118 valence electrons. The summed E-state index contributed by atoms with van der Waals surface area (Å²) in [4.78, 5) is 20.7. The molecule has 0 spiro atoms. The van der Waals surface area contributed by atoms with Crippen molar-refractivity contribution in [2.45, 2.75) is 26.4 Å². The lowest BCUT2D eigenvalue weighted by molar-refractivity contribution is 0.102. The summed E-state index contributed by atoms with van der Waals surface area (Å²) in [7, 11) is 0. The van der Waals surface area contributed by atoms with Crippen LogP contribution in [0.25, 0.3) is 5.65 Å². The lowest BCUT2D eigenvalue weighted by Crippen LogP contribution is -2.16. The van der Waals surface area contributed by atoms with E-state index < -0.39 is 0 Å². The third kappa shape index (κ3) is 3.28. The van der Waals surface area contributed by atoms with E-state index in [1.165, 1.54) is 0 Å². The van der Waals surface area contributed by atoms with E-state index in [1.54, 1.807) is 47.4 Å². The van der Waals surface area contributed by atoms with Gasteiger partial charge < -0.3 is 10.1 Å². The number of hydrogen-bond acceptors (Lipinski definition) is 5. The Morgan fingerprint density at radius 1 is 1.26 bits per heavy atom. The standard InChI is InChI=1S/C16H17N5O2/c1-3-11(2)23-15-10-12(4-7-18-15)16(22)20-14-5-8-17-13-6-9-19-21(13)14/h4-11H,3H2,1-2H3,(H,20,22)/t11-/m0/s1. The first-order valence-corrected chi connectivity index (χ1v) is 7.40. The number of pyridine rings is 1. The number of fused-ring (bicyclic) bond motifs is 1. The van der Waals surface area contributed by atoms with Crippen LogP contribution in [0.3, 0.4) is 0 Å². The van der Waals surface area contributed by atoms with E-state index >= 15 is 0 Å². The van der Waals surface area contributed by atoms with Gasteiger partial charge in [-0.1, -0.05) is 6.92 Å². The zero-order valence-electron chi connectivity index (χ0n) is 12.9. The molecule has 0 fully saturated rings. The van der Waals surface area contributed by atoms with Gasteiger partial charge in [-0.05, 0) is 25.5 Å². The maximum Gasteiger partial charge on any atom is 0.257 e. The molecule has 0 aromatic carbocycles. The van der Waals surface area contributed by atoms with Gasteiger partial charge in [-0.2, -0.15) is 9.61 Å². The molecule has 0 unspecified atom stereocenters. The zero-order chi connectivity index (χ0) is 16.2. The summed E-state index contributed by atoms with van der Waals surface area (Å²) in [5.74, 6) is 0.724. The van der Waals surface area contributed by atoms with Crippen LogP contribution in [-0.4, -0.2) is 31.6 Å². The van der Waals surface area contributed by atoms with Crippen LogP contribution in [0.1, 0.15) is 30.6 Å². The highest BCUT2D eigenvalue weighted by Crippen LogP contribution is 2.15. The Morgan fingerprint density at radius 2 is 2.09 bits per heavy atom. The number of carbonyl (C=O) groups is 1. The SMILES string of the molecule is CC[C@H](C)Oc1cc(C(=O)Nc2ccnc3ccnn23)ccn1. The van der Waals surface area contributed by atoms with E-state index in [9.17, 15) is 4.79 Å². The number of nitrogens with zero attached hydrogens (tertiary/aromatic N) is 4. The molecular formula is C16H17N5O2. The second kappa shape index (κ2) is 6.43. The number of aromatic nitrogens is 4. The highest BCUT2D eigenvalue weighted by molar-refractivity contribution is 6.04. The predicted octanol–water partition coefficient (Wildman–Crippen LogP) is 2.55. The molecule has 1 amide bonds. The Balaban J connectivity index is 1.80. The van der Waals surface area contributed by atoms with Gasteiger partial charge in [0.2, 0.25) is 5.88 Å². The van der Waals surface area contributed by atoms with Crippen molar-refractivity contribution in [3.63, 3.8) is 0 Å². The predicted molar refractivity (Wildman–Crippen MR) is 85.6 cm³/mol. The smallest absolute Gasteiger partial charge is 0.257 e. The van der Waals surface area contributed by atoms with E-state index in [2.05, 4.69) is 20.4 Å². The third-order valence-corrected chi connectivity index (χ3v) is 3.43. The minimum Gasteiger partial charge on any atom is -0.475 e. The maximum atomic E-state index is 12.4. The van der Waals surface area contributed by atoms with E-state index in [0.717, 1.165) is 6.42 Å². The van der Waals surface area contributed by atoms with Crippen LogP contribution in [0.15, 0.2) is 42.9 Å². The van der Waals surface area contributed by atoms with E-state index in [4.69, 9.17) is 4.74 Å². The van der Waals surface area contributed by atoms with Gasteiger partial charge in [0, 0.05) is 30.1 Å². The van der Waals surface area contributed by atoms with E-state index in [1.807, 2.05) is 13.8 Å². The third-order valence-electron chi connectivity index (χ3n) is 3.43. The number of hydrogen-bond donors (Lipinski definition) is 1. The molecular weight excluding hydrogens is 294 g/mol. The molecule has 0 saturated carbocycles. The number of anilines is 1. The minimum atomic E-state index is -0.260. The van der Waals surface area contributed by atoms with Crippen molar-refractivity contribution in [1.29, 1.82) is 0 Å². The van der Waals surface area contributed by atoms with Gasteiger partial charge in [0.05, 0.1) is 12.3 Å². The topological polar surface area (TPSA) is 81.4 Å². The lowest BCUT2D eigenvalue weighted by atomic mass is 10.2. The van der Waals surface area contributed by atoms with Gasteiger partial charge in [0.15, 0.2) is 5.65 Å². The zero-order valence-corrected chi connectivity index (χ0v) is 12.9. The normalized spacial score (nSPS) is 12.1. The molecule has 0 aliphatic heterocycles. The lowest BCUT2D eigenvalue weighted by Gasteiger charge is -2.12. The number of carbonyl (C=O) groups excluding carboxylic acids is 1. The summed E-state index contributed by atoms with van der Waals surface area (Å²) in [5, 5.41) is 6.96. The fourth-order valence-electron chi connectivity index (χ4n) is 2.02. The van der Waals surface area contributed by atoms with Crippen molar-refractivity contribution in [2.24, 2.45) is 0 Å². The van der Waals surface area contributed by atoms with Gasteiger partial charge >= 0.3 is 0 Å². The molecule has 0 radical (unpaired) electrons. The summed E-state index contributed by atoms with van der Waals surface area (Å²) in [6.07, 6.45) is 5.72. The average molecular weight is 311 g/mol. The van der Waals surface area contributed by atoms with Crippen LogP contribution < -0.4 is 10.1 Å². The molecule has 3 rings (SSSR count). The van der Waals surface area contributed by atoms with Crippen molar-refractivity contribution in [2.75, 3.05) is 5.32 Å². The molecule has 3 aromatic heterocycles. The molecule has 0 bridgehead atoms. The summed E-state index contributed by atoms with van der Waals surface area (Å²) in [6, 6.07) is 6.72. The first-order valence-electron chi connectivity index (χ1n) is 7.40. The van der Waals surface area contributed by atoms with Crippen LogP contribution in [0.5, 0.6) is 5.88 Å². The van der Waals surface area contributed by atoms with Gasteiger partial charge in [-0.3, -0.25) is 4.79 Å². The molecule has 1 N–H and O–H groups in total. The van der Waals surface area contributed by atoms with Gasteiger partial charge in [-0.15, -0.1) is 0 Å². The van der Waals surface area contributed by atoms with Crippen molar-refractivity contribution in [3.8, 4) is 5.88 Å². The van der Waals surface area contributed by atoms with Crippen molar-refractivity contribution in [1.82, 2.24) is 19.6 Å². The van der Waals surface area contributed by atoms with Crippen LogP contribution in [0.4, 0.5) is 5.82 Å². The van der Waals surface area contributed by atoms with Crippen molar-refractivity contribution >= 4 is 17.4 Å². The molecule has 0 aliphatic rings. The summed E-state index contributed by atoms with van der Waals surface area (Å²) >= 11 is 0. The fourth-order valence-corrected chi connectivity index (χ4v) is 2.02. The maximum absolute atomic E-state index is 12.4. The van der Waals surface area contributed by atoms with Crippen LogP contribution in [-0.2, 0) is 0 Å². The first-order chi connectivity index (χ1) is 11.2. The highest BCUT2D eigenvalue weighted by Gasteiger charge is 2.11. The number of ether oxygens (including phenoxy) is 1. The number of rotatable bonds is 5. The van der Waals surface area contributed by atoms with Crippen molar-refractivity contribution in [3.05, 3.63) is 48.4 Å². The molecule has 7 heteroatoms. The monoisotopic (exact) mass is 311 g/mol. The summed E-state index contributed by atoms with van der Waals surface area (Å²) in [5.41, 5.74) is 1.13. The van der Waals surface area contributed by atoms with Gasteiger partial charge in [0.25, 0.3) is 5.91 Å². The van der Waals surface area contributed by atoms with Crippen LogP contribution >= 0.6 is 0 Å². The Kier molecular flexibility index (Phi) is 4.18. The Hall–Kier alpha value is -2.96. The molecule has 3 heterocycles. The Morgan fingerprint density at radius 3 is 2.91 bits per heavy atom. The van der Waals surface area contributed by atoms with Crippen LogP contribution in [0, 0.1) is 0 Å². The first kappa shape index (κ1) is 15.0. The van der Waals surface area contributed by atoms with Gasteiger partial charge in [-0.25, -0.2) is 9.97 Å². The number of amides is 1. The Bertz CT molecular complexity index is 830. The molecule has 7 nitrogen and oxygen atoms in total. The second-order valence-corrected chi connectivity index (χ2v) is 5.10. The highest BCUT2D eigenvalue weighted by atomic mass is 16.5.